The van der Waals surface area contributed by atoms with Crippen LogP contribution in [0.25, 0.3) is 0 Å². The number of aromatic nitrogens is 1. The van der Waals surface area contributed by atoms with Crippen molar-refractivity contribution in [1.29, 1.82) is 0 Å². The number of carbonyl (C=O) groups excluding carboxylic acids is 2. The molecule has 9 heteroatoms. The first-order chi connectivity index (χ1) is 15.1. The Morgan fingerprint density at radius 3 is 2.71 bits per heavy atom. The summed E-state index contributed by atoms with van der Waals surface area (Å²) in [4.78, 5) is 32.5. The van der Waals surface area contributed by atoms with E-state index in [2.05, 4.69) is 15.6 Å². The highest BCUT2D eigenvalue weighted by molar-refractivity contribution is 7.15. The number of methoxy groups -OCH3 is 2. The molecule has 1 fully saturated rings. The second-order valence-corrected chi connectivity index (χ2v) is 8.98. The number of anilines is 1. The molecular weight excluding hydrogens is 416 g/mol. The molecule has 0 saturated heterocycles. The molecule has 0 bridgehead atoms. The van der Waals surface area contributed by atoms with Gasteiger partial charge in [-0.05, 0) is 30.5 Å². The summed E-state index contributed by atoms with van der Waals surface area (Å²) in [6.45, 7) is 1.14. The van der Waals surface area contributed by atoms with E-state index in [1.807, 2.05) is 23.1 Å². The molecule has 0 radical (unpaired) electrons. The number of benzene rings is 1. The molecule has 1 aliphatic carbocycles. The fraction of sp³-hybridized carbons (Fsp3) is 0.500. The number of rotatable bonds is 6. The van der Waals surface area contributed by atoms with E-state index in [-0.39, 0.29) is 18.0 Å². The zero-order chi connectivity index (χ0) is 21.8. The number of hydrogen-bond acceptors (Lipinski definition) is 6. The third kappa shape index (κ3) is 5.10. The minimum absolute atomic E-state index is 0.0553. The van der Waals surface area contributed by atoms with Crippen LogP contribution in [0, 0.1) is 0 Å². The highest BCUT2D eigenvalue weighted by atomic mass is 32.1. The Kier molecular flexibility index (Phi) is 6.60. The Hall–Kier alpha value is -2.81. The molecule has 1 aromatic heterocycles. The van der Waals surface area contributed by atoms with E-state index in [0.29, 0.717) is 42.6 Å². The molecule has 0 atom stereocenters. The standard InChI is InChI=1S/C22H28N4O4S/c1-29-17-8-7-14(11-18(17)30-2)12-20(27)26-10-9-16-19(13-26)31-22(24-16)25-21(28)23-15-5-3-4-6-15/h7-8,11,15H,3-6,9-10,12-13H2,1-2H3,(H2,23,24,25,28). The predicted octanol–water partition coefficient (Wildman–Crippen LogP) is 3.35. The highest BCUT2D eigenvalue weighted by Gasteiger charge is 2.25. The largest absolute Gasteiger partial charge is 0.493 e. The van der Waals surface area contributed by atoms with E-state index in [9.17, 15) is 9.59 Å². The highest BCUT2D eigenvalue weighted by Crippen LogP contribution is 2.30. The van der Waals surface area contributed by atoms with Gasteiger partial charge in [-0.25, -0.2) is 9.78 Å². The summed E-state index contributed by atoms with van der Waals surface area (Å²) in [6.07, 6.45) is 5.41. The summed E-state index contributed by atoms with van der Waals surface area (Å²) in [5.74, 6) is 1.31. The van der Waals surface area contributed by atoms with Crippen molar-refractivity contribution in [1.82, 2.24) is 15.2 Å². The minimum atomic E-state index is -0.195. The van der Waals surface area contributed by atoms with Crippen LogP contribution in [0.4, 0.5) is 9.93 Å². The molecule has 1 aliphatic heterocycles. The first-order valence-electron chi connectivity index (χ1n) is 10.6. The lowest BCUT2D eigenvalue weighted by molar-refractivity contribution is -0.131. The quantitative estimate of drug-likeness (QED) is 0.713. The molecule has 3 amide bonds. The van der Waals surface area contributed by atoms with E-state index >= 15 is 0 Å². The van der Waals surface area contributed by atoms with Crippen LogP contribution in [0.1, 0.15) is 41.8 Å². The molecule has 2 aliphatic rings. The summed E-state index contributed by atoms with van der Waals surface area (Å²) in [5.41, 5.74) is 1.85. The second kappa shape index (κ2) is 9.55. The lowest BCUT2D eigenvalue weighted by Crippen LogP contribution is -2.36. The van der Waals surface area contributed by atoms with Crippen LogP contribution in [-0.4, -0.2) is 48.6 Å². The van der Waals surface area contributed by atoms with Crippen molar-refractivity contribution in [3.8, 4) is 11.5 Å². The van der Waals surface area contributed by atoms with Crippen LogP contribution < -0.4 is 20.1 Å². The minimum Gasteiger partial charge on any atom is -0.493 e. The van der Waals surface area contributed by atoms with Crippen molar-refractivity contribution in [3.63, 3.8) is 0 Å². The van der Waals surface area contributed by atoms with Crippen molar-refractivity contribution >= 4 is 28.4 Å². The summed E-state index contributed by atoms with van der Waals surface area (Å²) < 4.78 is 10.6. The van der Waals surface area contributed by atoms with Gasteiger partial charge in [0.1, 0.15) is 0 Å². The molecule has 31 heavy (non-hydrogen) atoms. The Morgan fingerprint density at radius 1 is 1.19 bits per heavy atom. The number of nitrogens with one attached hydrogen (secondary N) is 2. The van der Waals surface area contributed by atoms with Crippen molar-refractivity contribution in [2.24, 2.45) is 0 Å². The van der Waals surface area contributed by atoms with Gasteiger partial charge in [-0.2, -0.15) is 0 Å². The molecule has 1 saturated carbocycles. The van der Waals surface area contributed by atoms with E-state index < -0.39 is 0 Å². The van der Waals surface area contributed by atoms with E-state index in [1.54, 1.807) is 14.2 Å². The maximum atomic E-state index is 12.9. The normalized spacial score (nSPS) is 16.0. The van der Waals surface area contributed by atoms with E-state index in [1.165, 1.54) is 24.2 Å². The third-order valence-corrected chi connectivity index (χ3v) is 6.80. The third-order valence-electron chi connectivity index (χ3n) is 5.80. The van der Waals surface area contributed by atoms with Crippen LogP contribution in [0.5, 0.6) is 11.5 Å². The number of thiazole rings is 1. The number of ether oxygens (including phenoxy) is 2. The van der Waals surface area contributed by atoms with Gasteiger partial charge < -0.3 is 19.7 Å². The molecule has 2 N–H and O–H groups in total. The fourth-order valence-electron chi connectivity index (χ4n) is 4.13. The topological polar surface area (TPSA) is 92.8 Å². The van der Waals surface area contributed by atoms with Crippen molar-refractivity contribution in [2.75, 3.05) is 26.1 Å². The number of hydrogen-bond donors (Lipinski definition) is 2. The van der Waals surface area contributed by atoms with Gasteiger partial charge in [0.15, 0.2) is 16.6 Å². The Bertz CT molecular complexity index is 955. The maximum absolute atomic E-state index is 12.9. The van der Waals surface area contributed by atoms with Crippen molar-refractivity contribution in [3.05, 3.63) is 34.3 Å². The molecule has 1 aromatic carbocycles. The zero-order valence-corrected chi connectivity index (χ0v) is 18.7. The Labute approximate surface area is 185 Å². The van der Waals surface area contributed by atoms with Gasteiger partial charge in [-0.3, -0.25) is 10.1 Å². The van der Waals surface area contributed by atoms with Crippen LogP contribution in [0.2, 0.25) is 0 Å². The van der Waals surface area contributed by atoms with Gasteiger partial charge in [-0.15, -0.1) is 0 Å². The number of amides is 3. The zero-order valence-electron chi connectivity index (χ0n) is 17.9. The molecule has 0 spiro atoms. The number of fused-ring (bicyclic) bond motifs is 1. The number of carbonyl (C=O) groups is 2. The van der Waals surface area contributed by atoms with Crippen molar-refractivity contribution < 1.29 is 19.1 Å². The molecule has 0 unspecified atom stereocenters. The first-order valence-corrected chi connectivity index (χ1v) is 11.4. The van der Waals surface area contributed by atoms with Crippen LogP contribution in [-0.2, 0) is 24.2 Å². The van der Waals surface area contributed by atoms with Gasteiger partial charge in [-0.1, -0.05) is 30.2 Å². The SMILES string of the molecule is COc1ccc(CC(=O)N2CCc3nc(NC(=O)NC4CCCC4)sc3C2)cc1OC. The van der Waals surface area contributed by atoms with Gasteiger partial charge in [0, 0.05) is 23.9 Å². The van der Waals surface area contributed by atoms with Gasteiger partial charge >= 0.3 is 6.03 Å². The lowest BCUT2D eigenvalue weighted by Gasteiger charge is -2.26. The monoisotopic (exact) mass is 444 g/mol. The van der Waals surface area contributed by atoms with Crippen LogP contribution in [0.15, 0.2) is 18.2 Å². The lowest BCUT2D eigenvalue weighted by atomic mass is 10.1. The first kappa shape index (κ1) is 21.4. The fourth-order valence-corrected chi connectivity index (χ4v) is 5.15. The summed E-state index contributed by atoms with van der Waals surface area (Å²) >= 11 is 1.45. The molecule has 8 nitrogen and oxygen atoms in total. The predicted molar refractivity (Wildman–Crippen MR) is 119 cm³/mol. The maximum Gasteiger partial charge on any atom is 0.321 e. The molecule has 4 rings (SSSR count). The van der Waals surface area contributed by atoms with Crippen LogP contribution >= 0.6 is 11.3 Å². The molecule has 166 valence electrons. The molecule has 2 heterocycles. The molecular formula is C22H28N4O4S. The van der Waals surface area contributed by atoms with Crippen molar-refractivity contribution in [2.45, 2.75) is 51.1 Å². The van der Waals surface area contributed by atoms with Gasteiger partial charge in [0.05, 0.1) is 32.9 Å². The summed E-state index contributed by atoms with van der Waals surface area (Å²) in [6, 6.07) is 5.60. The smallest absolute Gasteiger partial charge is 0.321 e. The Morgan fingerprint density at radius 2 is 1.97 bits per heavy atom. The summed E-state index contributed by atoms with van der Waals surface area (Å²) in [5, 5.41) is 6.47. The molecule has 2 aromatic rings. The van der Waals surface area contributed by atoms with Crippen LogP contribution in [0.3, 0.4) is 0 Å². The Balaban J connectivity index is 1.35. The average Bonchev–Trinajstić information content (AvgIpc) is 3.41. The number of nitrogens with zero attached hydrogens (tertiary/aromatic N) is 2. The van der Waals surface area contributed by atoms with Gasteiger partial charge in [0.2, 0.25) is 5.91 Å². The van der Waals surface area contributed by atoms with E-state index in [0.717, 1.165) is 29.0 Å². The summed E-state index contributed by atoms with van der Waals surface area (Å²) in [7, 11) is 3.17. The van der Waals surface area contributed by atoms with Gasteiger partial charge in [0.25, 0.3) is 0 Å². The van der Waals surface area contributed by atoms with E-state index in [4.69, 9.17) is 9.47 Å². The second-order valence-electron chi connectivity index (χ2n) is 7.90. The average molecular weight is 445 g/mol. The number of urea groups is 1.